The van der Waals surface area contributed by atoms with Gasteiger partial charge in [0.1, 0.15) is 0 Å². The van der Waals surface area contributed by atoms with Crippen LogP contribution in [0.1, 0.15) is 105 Å². The molecule has 1 heteroatoms. The van der Waals surface area contributed by atoms with Crippen molar-refractivity contribution in [2.75, 3.05) is 7.11 Å². The maximum absolute atomic E-state index is 7.00. The molecule has 4 aliphatic carbocycles. The maximum atomic E-state index is 7.00. The molecular formula is C29H50O. The lowest BCUT2D eigenvalue weighted by atomic mass is 9.46. The smallest absolute Gasteiger partial charge is 0.0319 e. The summed E-state index contributed by atoms with van der Waals surface area (Å²) in [5.74, 6) is 5.74. The third-order valence-electron chi connectivity index (χ3n) is 10.3. The third kappa shape index (κ3) is 4.22. The molecule has 1 nitrogen and oxygen atoms in total. The molecule has 7 atom stereocenters. The molecule has 3 unspecified atom stereocenters. The summed E-state index contributed by atoms with van der Waals surface area (Å²) in [7, 11) is 1.00. The molecular weight excluding hydrogens is 364 g/mol. The fourth-order valence-electron chi connectivity index (χ4n) is 8.67. The molecule has 0 aromatic carbocycles. The van der Waals surface area contributed by atoms with E-state index < -0.39 is 0 Å². The van der Waals surface area contributed by atoms with Crippen molar-refractivity contribution in [3.05, 3.63) is 23.8 Å². The van der Waals surface area contributed by atoms with Gasteiger partial charge in [-0.25, -0.2) is 0 Å². The quantitative estimate of drug-likeness (QED) is 0.480. The van der Waals surface area contributed by atoms with Crippen molar-refractivity contribution in [1.82, 2.24) is 0 Å². The van der Waals surface area contributed by atoms with E-state index in [1.807, 2.05) is 0 Å². The molecule has 0 aromatic heterocycles. The highest BCUT2D eigenvalue weighted by Gasteiger charge is 2.59. The van der Waals surface area contributed by atoms with Crippen LogP contribution in [0.2, 0.25) is 0 Å². The van der Waals surface area contributed by atoms with Gasteiger partial charge < -0.3 is 5.11 Å². The van der Waals surface area contributed by atoms with Gasteiger partial charge in [-0.2, -0.15) is 0 Å². The van der Waals surface area contributed by atoms with Gasteiger partial charge in [0.25, 0.3) is 0 Å². The molecule has 1 N–H and O–H groups in total. The van der Waals surface area contributed by atoms with Gasteiger partial charge in [0, 0.05) is 7.11 Å². The van der Waals surface area contributed by atoms with Crippen molar-refractivity contribution in [3.63, 3.8) is 0 Å². The molecule has 0 radical (unpaired) electrons. The fourth-order valence-corrected chi connectivity index (χ4v) is 8.67. The molecule has 30 heavy (non-hydrogen) atoms. The van der Waals surface area contributed by atoms with Crippen molar-refractivity contribution in [3.8, 4) is 0 Å². The second kappa shape index (κ2) is 9.51. The van der Waals surface area contributed by atoms with Crippen LogP contribution < -0.4 is 0 Å². The summed E-state index contributed by atoms with van der Waals surface area (Å²) in [5.41, 5.74) is 4.29. The van der Waals surface area contributed by atoms with E-state index in [2.05, 4.69) is 47.3 Å². The lowest BCUT2D eigenvalue weighted by Crippen LogP contribution is -2.50. The Kier molecular flexibility index (Phi) is 7.64. The predicted octanol–water partition coefficient (Wildman–Crippen LogP) is 8.19. The van der Waals surface area contributed by atoms with E-state index in [9.17, 15) is 0 Å². The van der Waals surface area contributed by atoms with Crippen LogP contribution in [0.4, 0.5) is 0 Å². The zero-order chi connectivity index (χ0) is 22.1. The number of fused-ring (bicyclic) bond motifs is 5. The van der Waals surface area contributed by atoms with Crippen LogP contribution in [0.15, 0.2) is 23.8 Å². The zero-order valence-electron chi connectivity index (χ0n) is 21.0. The maximum Gasteiger partial charge on any atom is 0.0319 e. The number of hydrogen-bond donors (Lipinski definition) is 1. The minimum atomic E-state index is 0.492. The van der Waals surface area contributed by atoms with Crippen molar-refractivity contribution >= 4 is 0 Å². The molecule has 0 saturated heterocycles. The first-order valence-corrected chi connectivity index (χ1v) is 13.1. The zero-order valence-corrected chi connectivity index (χ0v) is 21.0. The van der Waals surface area contributed by atoms with Gasteiger partial charge in [0.2, 0.25) is 0 Å². The average molecular weight is 415 g/mol. The Morgan fingerprint density at radius 3 is 2.40 bits per heavy atom. The van der Waals surface area contributed by atoms with E-state index in [0.29, 0.717) is 10.8 Å². The number of rotatable bonds is 5. The molecule has 0 amide bonds. The normalized spacial score (nSPS) is 41.2. The summed E-state index contributed by atoms with van der Waals surface area (Å²) in [6.07, 6.45) is 18.3. The molecule has 4 aliphatic rings. The largest absolute Gasteiger partial charge is 0.400 e. The molecule has 172 valence electrons. The second-order valence-electron chi connectivity index (χ2n) is 12.2. The Balaban J connectivity index is 0.00000124. The Morgan fingerprint density at radius 2 is 1.70 bits per heavy atom. The number of allylic oxidation sites excluding steroid dienone is 3. The number of hydrogen-bond acceptors (Lipinski definition) is 1. The van der Waals surface area contributed by atoms with E-state index >= 15 is 0 Å². The van der Waals surface area contributed by atoms with E-state index in [1.54, 1.807) is 5.57 Å². The van der Waals surface area contributed by atoms with Crippen molar-refractivity contribution in [2.45, 2.75) is 105 Å². The van der Waals surface area contributed by atoms with Crippen LogP contribution in [0.25, 0.3) is 0 Å². The molecule has 0 heterocycles. The van der Waals surface area contributed by atoms with Crippen LogP contribution >= 0.6 is 0 Å². The minimum absolute atomic E-state index is 0.492. The highest BCUT2D eigenvalue weighted by Crippen LogP contribution is 2.67. The molecule has 3 saturated carbocycles. The fraction of sp³-hybridized carbons (Fsp3) is 0.862. The first-order valence-electron chi connectivity index (χ1n) is 13.1. The van der Waals surface area contributed by atoms with E-state index in [-0.39, 0.29) is 0 Å². The molecule has 0 aromatic rings. The van der Waals surface area contributed by atoms with Gasteiger partial charge in [0.15, 0.2) is 0 Å². The molecule has 0 spiro atoms. The van der Waals surface area contributed by atoms with E-state index in [4.69, 9.17) is 5.11 Å². The van der Waals surface area contributed by atoms with Crippen LogP contribution in [0.3, 0.4) is 0 Å². The molecule has 4 rings (SSSR count). The summed E-state index contributed by atoms with van der Waals surface area (Å²) in [6.45, 7) is 17.0. The topological polar surface area (TPSA) is 20.2 Å². The summed E-state index contributed by atoms with van der Waals surface area (Å²) >= 11 is 0. The Hall–Kier alpha value is -0.560. The summed E-state index contributed by atoms with van der Waals surface area (Å²) in [6, 6.07) is 0. The van der Waals surface area contributed by atoms with Gasteiger partial charge in [0.05, 0.1) is 0 Å². The summed E-state index contributed by atoms with van der Waals surface area (Å²) in [5, 5.41) is 7.00. The van der Waals surface area contributed by atoms with E-state index in [0.717, 1.165) is 42.6 Å². The monoisotopic (exact) mass is 414 g/mol. The van der Waals surface area contributed by atoms with Crippen LogP contribution in [-0.2, 0) is 0 Å². The Morgan fingerprint density at radius 1 is 0.967 bits per heavy atom. The predicted molar refractivity (Wildman–Crippen MR) is 130 cm³/mol. The standard InChI is InChI=1S/C28H46.CH4O/c1-19(2)8-7-9-21(4)24-12-13-25-23-11-10-22-18-20(3)14-16-27(22,5)26(23)15-17-28(24,25)6;1-2/h18-19,21,23-26H,3,7-17H2,1-2,4-6H3;2H,1H3/t21-,23?,24-,25+,26+,27?,28?;/m1./s1. The van der Waals surface area contributed by atoms with Gasteiger partial charge in [-0.1, -0.05) is 77.7 Å². The van der Waals surface area contributed by atoms with E-state index in [1.165, 1.54) is 76.2 Å². The van der Waals surface area contributed by atoms with Gasteiger partial charge in [-0.3, -0.25) is 0 Å². The summed E-state index contributed by atoms with van der Waals surface area (Å²) in [4.78, 5) is 0. The highest BCUT2D eigenvalue weighted by molar-refractivity contribution is 5.33. The van der Waals surface area contributed by atoms with Crippen LogP contribution in [0.5, 0.6) is 0 Å². The average Bonchev–Trinajstić information content (AvgIpc) is 3.07. The van der Waals surface area contributed by atoms with Gasteiger partial charge in [-0.05, 0) is 97.7 Å². The lowest BCUT2D eigenvalue weighted by molar-refractivity contribution is -0.0581. The van der Waals surface area contributed by atoms with Crippen LogP contribution in [-0.4, -0.2) is 12.2 Å². The molecule has 0 bridgehead atoms. The highest BCUT2D eigenvalue weighted by atomic mass is 16.2. The second-order valence-corrected chi connectivity index (χ2v) is 12.2. The minimum Gasteiger partial charge on any atom is -0.400 e. The summed E-state index contributed by atoms with van der Waals surface area (Å²) < 4.78 is 0. The van der Waals surface area contributed by atoms with Crippen molar-refractivity contribution < 1.29 is 5.11 Å². The first-order chi connectivity index (χ1) is 14.3. The number of aliphatic hydroxyl groups is 1. The first kappa shape index (κ1) is 24.1. The molecule has 0 aliphatic heterocycles. The van der Waals surface area contributed by atoms with Gasteiger partial charge in [-0.15, -0.1) is 0 Å². The Labute approximate surface area is 187 Å². The lowest BCUT2D eigenvalue weighted by Gasteiger charge is -2.58. The third-order valence-corrected chi connectivity index (χ3v) is 10.3. The van der Waals surface area contributed by atoms with Crippen LogP contribution in [0, 0.1) is 46.3 Å². The van der Waals surface area contributed by atoms with Crippen molar-refractivity contribution in [1.29, 1.82) is 0 Å². The SMILES string of the molecule is C=C1C=C2CCC3[C@H](CCC4(C)[C@@H]([C@H](C)CCCC(C)C)CC[C@@H]34)C2(C)CC1.CO. The number of aliphatic hydroxyl groups excluding tert-OH is 1. The van der Waals surface area contributed by atoms with Crippen molar-refractivity contribution in [2.24, 2.45) is 46.3 Å². The Bertz CT molecular complexity index is 630. The molecule has 3 fully saturated rings. The van der Waals surface area contributed by atoms with Gasteiger partial charge >= 0.3 is 0 Å².